The van der Waals surface area contributed by atoms with Crippen LogP contribution in [0.2, 0.25) is 5.02 Å². The number of nitrogens with one attached hydrogen (secondary N) is 1. The molecule has 0 aliphatic carbocycles. The number of benzene rings is 1. The van der Waals surface area contributed by atoms with Crippen LogP contribution < -0.4 is 5.32 Å². The van der Waals surface area contributed by atoms with Gasteiger partial charge in [0.25, 0.3) is 0 Å². The summed E-state index contributed by atoms with van der Waals surface area (Å²) in [4.78, 5) is 12.2. The Labute approximate surface area is 145 Å². The predicted octanol–water partition coefficient (Wildman–Crippen LogP) is 3.04. The smallest absolute Gasteiger partial charge is 0.246 e. The van der Waals surface area contributed by atoms with E-state index < -0.39 is 0 Å². The number of nitrogens with zero attached hydrogens (tertiary/aromatic N) is 4. The first kappa shape index (κ1) is 16.3. The molecule has 0 fully saturated rings. The highest BCUT2D eigenvalue weighted by molar-refractivity contribution is 6.30. The fraction of sp³-hybridized carbons (Fsp3) is 0.235. The van der Waals surface area contributed by atoms with Crippen molar-refractivity contribution in [1.29, 1.82) is 0 Å². The van der Waals surface area contributed by atoms with E-state index in [9.17, 15) is 4.79 Å². The van der Waals surface area contributed by atoms with Crippen molar-refractivity contribution in [2.75, 3.05) is 5.32 Å². The minimum atomic E-state index is -0.166. The largest absolute Gasteiger partial charge is 0.321 e. The Morgan fingerprint density at radius 1 is 1.25 bits per heavy atom. The molecular weight excluding hydrogens is 326 g/mol. The molecule has 24 heavy (non-hydrogen) atoms. The number of amides is 1. The van der Waals surface area contributed by atoms with E-state index in [2.05, 4.69) is 27.6 Å². The molecule has 6 nitrogen and oxygen atoms in total. The summed E-state index contributed by atoms with van der Waals surface area (Å²) in [6.45, 7) is 4.60. The lowest BCUT2D eigenvalue weighted by atomic mass is 10.2. The molecule has 1 aromatic carbocycles. The second-order valence-corrected chi connectivity index (χ2v) is 6.03. The van der Waals surface area contributed by atoms with Gasteiger partial charge in [-0.25, -0.2) is 0 Å². The molecule has 0 radical (unpaired) electrons. The predicted molar refractivity (Wildman–Crippen MR) is 93.1 cm³/mol. The lowest BCUT2D eigenvalue weighted by Crippen LogP contribution is -2.19. The second kappa shape index (κ2) is 6.88. The van der Waals surface area contributed by atoms with Crippen molar-refractivity contribution in [2.24, 2.45) is 0 Å². The molecule has 0 saturated carbocycles. The maximum absolute atomic E-state index is 12.2. The molecule has 3 rings (SSSR count). The highest BCUT2D eigenvalue weighted by Gasteiger charge is 2.15. The Morgan fingerprint density at radius 2 is 2.00 bits per heavy atom. The van der Waals surface area contributed by atoms with E-state index in [-0.39, 0.29) is 12.5 Å². The summed E-state index contributed by atoms with van der Waals surface area (Å²) in [5.74, 6) is -0.166. The number of carbonyl (C=O) groups excluding carboxylic acids is 1. The maximum atomic E-state index is 12.2. The van der Waals surface area contributed by atoms with Gasteiger partial charge in [-0.1, -0.05) is 41.9 Å². The normalized spacial score (nSPS) is 10.8. The van der Waals surface area contributed by atoms with E-state index >= 15 is 0 Å². The molecule has 1 amide bonds. The minimum Gasteiger partial charge on any atom is -0.321 e. The van der Waals surface area contributed by atoms with E-state index in [1.807, 2.05) is 36.7 Å². The molecule has 0 bridgehead atoms. The van der Waals surface area contributed by atoms with Gasteiger partial charge in [-0.2, -0.15) is 10.2 Å². The van der Waals surface area contributed by atoms with Crippen LogP contribution in [0.4, 0.5) is 5.69 Å². The number of hydrogen-bond acceptors (Lipinski definition) is 3. The molecule has 0 saturated heterocycles. The van der Waals surface area contributed by atoms with Gasteiger partial charge in [0.2, 0.25) is 5.91 Å². The van der Waals surface area contributed by atoms with Crippen LogP contribution in [0.25, 0.3) is 0 Å². The maximum Gasteiger partial charge on any atom is 0.246 e. The van der Waals surface area contributed by atoms with Crippen molar-refractivity contribution < 1.29 is 4.79 Å². The minimum absolute atomic E-state index is 0.107. The summed E-state index contributed by atoms with van der Waals surface area (Å²) >= 11 is 5.81. The van der Waals surface area contributed by atoms with Gasteiger partial charge < -0.3 is 5.32 Å². The zero-order valence-electron chi connectivity index (χ0n) is 13.5. The van der Waals surface area contributed by atoms with Gasteiger partial charge in [-0.3, -0.25) is 14.2 Å². The number of carbonyl (C=O) groups is 1. The Balaban J connectivity index is 1.73. The van der Waals surface area contributed by atoms with Gasteiger partial charge in [-0.05, 0) is 19.4 Å². The third kappa shape index (κ3) is 3.65. The zero-order chi connectivity index (χ0) is 17.1. The molecule has 7 heteroatoms. The molecule has 0 aliphatic heterocycles. The Hall–Kier alpha value is -2.60. The van der Waals surface area contributed by atoms with Crippen LogP contribution in [0.1, 0.15) is 17.0 Å². The van der Waals surface area contributed by atoms with Crippen molar-refractivity contribution >= 4 is 23.2 Å². The van der Waals surface area contributed by atoms with Crippen molar-refractivity contribution in [1.82, 2.24) is 19.6 Å². The van der Waals surface area contributed by atoms with Crippen LogP contribution >= 0.6 is 11.6 Å². The lowest BCUT2D eigenvalue weighted by Gasteiger charge is -2.07. The average molecular weight is 344 g/mol. The second-order valence-electron chi connectivity index (χ2n) is 5.59. The van der Waals surface area contributed by atoms with E-state index in [0.29, 0.717) is 11.6 Å². The Bertz CT molecular complexity index is 853. The Morgan fingerprint density at radius 3 is 2.67 bits per heavy atom. The zero-order valence-corrected chi connectivity index (χ0v) is 14.3. The average Bonchev–Trinajstić information content (AvgIpc) is 3.07. The summed E-state index contributed by atoms with van der Waals surface area (Å²) in [7, 11) is 0. The van der Waals surface area contributed by atoms with Crippen molar-refractivity contribution in [2.45, 2.75) is 26.9 Å². The summed E-state index contributed by atoms with van der Waals surface area (Å²) in [5.41, 5.74) is 3.61. The number of aromatic nitrogens is 4. The fourth-order valence-electron chi connectivity index (χ4n) is 2.54. The lowest BCUT2D eigenvalue weighted by molar-refractivity contribution is -0.116. The van der Waals surface area contributed by atoms with Crippen molar-refractivity contribution in [3.63, 3.8) is 0 Å². The molecule has 3 aromatic rings. The molecule has 1 N–H and O–H groups in total. The summed E-state index contributed by atoms with van der Waals surface area (Å²) < 4.78 is 3.39. The third-order valence-corrected chi connectivity index (χ3v) is 3.92. The van der Waals surface area contributed by atoms with E-state index in [1.54, 1.807) is 6.20 Å². The van der Waals surface area contributed by atoms with Crippen molar-refractivity contribution in [3.05, 3.63) is 64.7 Å². The highest BCUT2D eigenvalue weighted by atomic mass is 35.5. The molecule has 124 valence electrons. The SMILES string of the molecule is Cc1nn(Cc2ccccc2)c(C)c1NC(=O)Cn1cc(Cl)cn1. The summed E-state index contributed by atoms with van der Waals surface area (Å²) in [6, 6.07) is 10.1. The van der Waals surface area contributed by atoms with Gasteiger partial charge in [-0.15, -0.1) is 0 Å². The van der Waals surface area contributed by atoms with Crippen molar-refractivity contribution in [3.8, 4) is 0 Å². The number of rotatable bonds is 5. The number of anilines is 1. The van der Waals surface area contributed by atoms with E-state index in [0.717, 1.165) is 22.6 Å². The summed E-state index contributed by atoms with van der Waals surface area (Å²) in [6.07, 6.45) is 3.11. The quantitative estimate of drug-likeness (QED) is 0.774. The molecular formula is C17H18ClN5O. The van der Waals surface area contributed by atoms with Crippen LogP contribution in [-0.4, -0.2) is 25.5 Å². The first-order valence-corrected chi connectivity index (χ1v) is 7.96. The summed E-state index contributed by atoms with van der Waals surface area (Å²) in [5, 5.41) is 12.0. The van der Waals surface area contributed by atoms with Gasteiger partial charge in [0.1, 0.15) is 6.54 Å². The van der Waals surface area contributed by atoms with Crippen LogP contribution in [0.5, 0.6) is 0 Å². The first-order chi connectivity index (χ1) is 11.5. The van der Waals surface area contributed by atoms with Gasteiger partial charge in [0.05, 0.1) is 34.8 Å². The molecule has 0 aliphatic rings. The third-order valence-electron chi connectivity index (χ3n) is 3.73. The molecule has 0 spiro atoms. The number of hydrogen-bond donors (Lipinski definition) is 1. The molecule has 2 heterocycles. The molecule has 0 atom stereocenters. The first-order valence-electron chi connectivity index (χ1n) is 7.58. The molecule has 2 aromatic heterocycles. The van der Waals surface area contributed by atoms with Crippen LogP contribution in [-0.2, 0) is 17.9 Å². The molecule has 0 unspecified atom stereocenters. The number of halogens is 1. The topological polar surface area (TPSA) is 64.7 Å². The van der Waals surface area contributed by atoms with Gasteiger partial charge in [0, 0.05) is 6.20 Å². The van der Waals surface area contributed by atoms with Gasteiger partial charge in [0.15, 0.2) is 0 Å². The van der Waals surface area contributed by atoms with E-state index in [1.165, 1.54) is 10.9 Å². The fourth-order valence-corrected chi connectivity index (χ4v) is 2.70. The number of aryl methyl sites for hydroxylation is 1. The monoisotopic (exact) mass is 343 g/mol. The van der Waals surface area contributed by atoms with Crippen LogP contribution in [0.15, 0.2) is 42.7 Å². The highest BCUT2D eigenvalue weighted by Crippen LogP contribution is 2.20. The standard InChI is InChI=1S/C17H18ClN5O/c1-12-17(20-16(24)11-22-10-15(18)8-19-22)13(2)23(21-12)9-14-6-4-3-5-7-14/h3-8,10H,9,11H2,1-2H3,(H,20,24). The van der Waals surface area contributed by atoms with Crippen LogP contribution in [0, 0.1) is 13.8 Å². The Kier molecular flexibility index (Phi) is 4.66. The van der Waals surface area contributed by atoms with Crippen LogP contribution in [0.3, 0.4) is 0 Å². The van der Waals surface area contributed by atoms with E-state index in [4.69, 9.17) is 11.6 Å². The van der Waals surface area contributed by atoms with Gasteiger partial charge >= 0.3 is 0 Å².